The van der Waals surface area contributed by atoms with Crippen molar-refractivity contribution in [1.82, 2.24) is 0 Å². The van der Waals surface area contributed by atoms with Gasteiger partial charge in [-0.1, -0.05) is 218 Å². The van der Waals surface area contributed by atoms with Crippen LogP contribution >= 0.6 is 0 Å². The van der Waals surface area contributed by atoms with Gasteiger partial charge in [-0.05, 0) is 70.6 Å². The van der Waals surface area contributed by atoms with Gasteiger partial charge in [-0.15, -0.1) is 0 Å². The summed E-state index contributed by atoms with van der Waals surface area (Å²) < 4.78 is 6.03. The molecule has 0 amide bonds. The van der Waals surface area contributed by atoms with Crippen LogP contribution < -0.4 is 0 Å². The highest BCUT2D eigenvalue weighted by Gasteiger charge is 2.14. The van der Waals surface area contributed by atoms with Crippen LogP contribution in [0.3, 0.4) is 0 Å². The predicted molar refractivity (Wildman–Crippen MR) is 236 cm³/mol. The van der Waals surface area contributed by atoms with Gasteiger partial charge in [0.2, 0.25) is 0 Å². The van der Waals surface area contributed by atoms with E-state index >= 15 is 0 Å². The summed E-state index contributed by atoms with van der Waals surface area (Å²) in [6.45, 7) is 4.56. The Balaban J connectivity index is 3.94. The SMILES string of the molecule is CCCCCCC/C=C\C/C=C\CCCCCC(CCCCCCCC(=O)O)OC(=O)CCCCCCCCCCCCCCCCCCCCCCC. The van der Waals surface area contributed by atoms with Gasteiger partial charge in [0.25, 0.3) is 0 Å². The molecule has 0 fully saturated rings. The number of hydrogen-bond donors (Lipinski definition) is 1. The second kappa shape index (κ2) is 45.8. The maximum absolute atomic E-state index is 12.8. The molecule has 318 valence electrons. The number of carboxylic acids is 1. The van der Waals surface area contributed by atoms with E-state index in [0.717, 1.165) is 77.0 Å². The molecule has 0 aromatic heterocycles. The first-order valence-electron chi connectivity index (χ1n) is 24.3. The van der Waals surface area contributed by atoms with E-state index in [1.165, 1.54) is 173 Å². The molecule has 4 nitrogen and oxygen atoms in total. The maximum Gasteiger partial charge on any atom is 0.306 e. The van der Waals surface area contributed by atoms with E-state index < -0.39 is 5.97 Å². The third kappa shape index (κ3) is 44.8. The molecule has 0 bridgehead atoms. The molecule has 0 aromatic carbocycles. The lowest BCUT2D eigenvalue weighted by Crippen LogP contribution is -2.18. The summed E-state index contributed by atoms with van der Waals surface area (Å²) in [5.74, 6) is -0.704. The van der Waals surface area contributed by atoms with E-state index in [1.807, 2.05) is 0 Å². The van der Waals surface area contributed by atoms with Crippen LogP contribution in [0.1, 0.15) is 277 Å². The number of ether oxygens (including phenoxy) is 1. The van der Waals surface area contributed by atoms with Crippen LogP contribution in [0.5, 0.6) is 0 Å². The zero-order valence-corrected chi connectivity index (χ0v) is 36.6. The minimum absolute atomic E-state index is 0.00351. The normalized spacial score (nSPS) is 12.3. The fraction of sp³-hybridized carbons (Fsp3) is 0.880. The maximum atomic E-state index is 12.8. The Morgan fingerprint density at radius 3 is 1.11 bits per heavy atom. The molecule has 1 unspecified atom stereocenters. The van der Waals surface area contributed by atoms with Crippen molar-refractivity contribution in [2.45, 2.75) is 283 Å². The zero-order chi connectivity index (χ0) is 39.3. The molecule has 0 radical (unpaired) electrons. The third-order valence-corrected chi connectivity index (χ3v) is 11.2. The number of aliphatic carboxylic acids is 1. The quantitative estimate of drug-likeness (QED) is 0.0382. The van der Waals surface area contributed by atoms with Crippen molar-refractivity contribution in [3.63, 3.8) is 0 Å². The van der Waals surface area contributed by atoms with Crippen molar-refractivity contribution in [3.05, 3.63) is 24.3 Å². The molecule has 0 heterocycles. The standard InChI is InChI=1S/C50H94O4/c1-3-5-7-9-11-13-15-17-19-20-21-22-23-24-26-28-30-32-34-39-43-47-50(53)54-48(45-41-37-35-38-42-46-49(51)52)44-40-36-33-31-29-27-25-18-16-14-12-10-8-6-4-2/h16,18,27,29,48H,3-15,17,19-26,28,30-47H2,1-2H3,(H,51,52)/b18-16-,29-27-. The lowest BCUT2D eigenvalue weighted by atomic mass is 10.0. The van der Waals surface area contributed by atoms with Crippen LogP contribution in [0.4, 0.5) is 0 Å². The number of carboxylic acid groups (broad SMARTS) is 1. The third-order valence-electron chi connectivity index (χ3n) is 11.2. The first-order chi connectivity index (χ1) is 26.6. The number of esters is 1. The fourth-order valence-corrected chi connectivity index (χ4v) is 7.57. The summed E-state index contributed by atoms with van der Waals surface area (Å²) >= 11 is 0. The van der Waals surface area contributed by atoms with Crippen LogP contribution in [0.2, 0.25) is 0 Å². The number of unbranched alkanes of at least 4 members (excludes halogenated alkanes) is 32. The van der Waals surface area contributed by atoms with E-state index in [4.69, 9.17) is 9.84 Å². The van der Waals surface area contributed by atoms with Crippen molar-refractivity contribution in [3.8, 4) is 0 Å². The summed E-state index contributed by atoms with van der Waals surface area (Å²) in [4.78, 5) is 23.5. The van der Waals surface area contributed by atoms with E-state index in [-0.39, 0.29) is 18.5 Å². The lowest BCUT2D eigenvalue weighted by molar-refractivity contribution is -0.150. The Labute approximate surface area is 337 Å². The average Bonchev–Trinajstić information content (AvgIpc) is 3.16. The highest BCUT2D eigenvalue weighted by Crippen LogP contribution is 2.19. The minimum Gasteiger partial charge on any atom is -0.481 e. The molecule has 0 saturated carbocycles. The summed E-state index contributed by atoms with van der Waals surface area (Å²) in [5.41, 5.74) is 0. The average molecular weight is 759 g/mol. The molecule has 1 N–H and O–H groups in total. The van der Waals surface area contributed by atoms with E-state index in [9.17, 15) is 9.59 Å². The topological polar surface area (TPSA) is 63.6 Å². The van der Waals surface area contributed by atoms with Crippen molar-refractivity contribution in [2.24, 2.45) is 0 Å². The van der Waals surface area contributed by atoms with Gasteiger partial charge >= 0.3 is 11.9 Å². The van der Waals surface area contributed by atoms with Crippen LogP contribution in [0.25, 0.3) is 0 Å². The lowest BCUT2D eigenvalue weighted by Gasteiger charge is -2.18. The van der Waals surface area contributed by atoms with Gasteiger partial charge < -0.3 is 9.84 Å². The molecule has 4 heteroatoms. The molecule has 0 saturated heterocycles. The second-order valence-corrected chi connectivity index (χ2v) is 16.7. The first kappa shape index (κ1) is 52.4. The first-order valence-corrected chi connectivity index (χ1v) is 24.3. The molecule has 0 aliphatic heterocycles. The number of rotatable bonds is 45. The monoisotopic (exact) mass is 759 g/mol. The second-order valence-electron chi connectivity index (χ2n) is 16.7. The van der Waals surface area contributed by atoms with Crippen molar-refractivity contribution in [1.29, 1.82) is 0 Å². The minimum atomic E-state index is -0.701. The molecule has 0 rings (SSSR count). The van der Waals surface area contributed by atoms with E-state index in [2.05, 4.69) is 38.2 Å². The molecule has 0 spiro atoms. The highest BCUT2D eigenvalue weighted by atomic mass is 16.5. The Hall–Kier alpha value is -1.58. The Morgan fingerprint density at radius 1 is 0.407 bits per heavy atom. The van der Waals surface area contributed by atoms with Crippen LogP contribution in [0.15, 0.2) is 24.3 Å². The van der Waals surface area contributed by atoms with Gasteiger partial charge in [0.05, 0.1) is 0 Å². The summed E-state index contributed by atoms with van der Waals surface area (Å²) in [6, 6.07) is 0. The van der Waals surface area contributed by atoms with Gasteiger partial charge in [-0.3, -0.25) is 9.59 Å². The number of hydrogen-bond acceptors (Lipinski definition) is 3. The summed E-state index contributed by atoms with van der Waals surface area (Å²) in [7, 11) is 0. The highest BCUT2D eigenvalue weighted by molar-refractivity contribution is 5.69. The van der Waals surface area contributed by atoms with Gasteiger partial charge in [0.1, 0.15) is 6.10 Å². The van der Waals surface area contributed by atoms with Crippen molar-refractivity contribution < 1.29 is 19.4 Å². The van der Waals surface area contributed by atoms with Gasteiger partial charge in [0, 0.05) is 12.8 Å². The van der Waals surface area contributed by atoms with Crippen molar-refractivity contribution in [2.75, 3.05) is 0 Å². The molecule has 54 heavy (non-hydrogen) atoms. The van der Waals surface area contributed by atoms with Gasteiger partial charge in [0.15, 0.2) is 0 Å². The summed E-state index contributed by atoms with van der Waals surface area (Å²) in [6.07, 6.45) is 59.4. The number of allylic oxidation sites excluding steroid dienone is 4. The Kier molecular flexibility index (Phi) is 44.5. The number of carbonyl (C=O) groups excluding carboxylic acids is 1. The molecule has 1 atom stereocenters. The van der Waals surface area contributed by atoms with E-state index in [0.29, 0.717) is 6.42 Å². The molecule has 0 aliphatic carbocycles. The Bertz CT molecular complexity index is 817. The molecular weight excluding hydrogens is 665 g/mol. The van der Waals surface area contributed by atoms with Crippen LogP contribution in [0, 0.1) is 0 Å². The number of carbonyl (C=O) groups is 2. The molecular formula is C50H94O4. The largest absolute Gasteiger partial charge is 0.481 e. The van der Waals surface area contributed by atoms with Gasteiger partial charge in [-0.2, -0.15) is 0 Å². The predicted octanol–water partition coefficient (Wildman–Crippen LogP) is 17.1. The molecule has 0 aromatic rings. The Morgan fingerprint density at radius 2 is 0.722 bits per heavy atom. The smallest absolute Gasteiger partial charge is 0.306 e. The summed E-state index contributed by atoms with van der Waals surface area (Å²) in [5, 5.41) is 8.86. The van der Waals surface area contributed by atoms with Gasteiger partial charge in [-0.25, -0.2) is 0 Å². The molecule has 0 aliphatic rings. The van der Waals surface area contributed by atoms with Crippen LogP contribution in [-0.4, -0.2) is 23.1 Å². The fourth-order valence-electron chi connectivity index (χ4n) is 7.57. The zero-order valence-electron chi connectivity index (χ0n) is 36.6. The van der Waals surface area contributed by atoms with Crippen LogP contribution in [-0.2, 0) is 14.3 Å². The van der Waals surface area contributed by atoms with E-state index in [1.54, 1.807) is 0 Å². The van der Waals surface area contributed by atoms with Crippen molar-refractivity contribution >= 4 is 11.9 Å².